The van der Waals surface area contributed by atoms with Crippen molar-refractivity contribution in [3.05, 3.63) is 36.0 Å². The van der Waals surface area contributed by atoms with Gasteiger partial charge in [-0.1, -0.05) is 0 Å². The Morgan fingerprint density at radius 1 is 1.41 bits per heavy atom. The summed E-state index contributed by atoms with van der Waals surface area (Å²) in [5.41, 5.74) is 2.87. The van der Waals surface area contributed by atoms with Gasteiger partial charge in [0.2, 0.25) is 0 Å². The van der Waals surface area contributed by atoms with Gasteiger partial charge in [0.25, 0.3) is 0 Å². The first-order valence-electron chi connectivity index (χ1n) is 7.35. The molecule has 2 N–H and O–H groups in total. The second-order valence-corrected chi connectivity index (χ2v) is 5.50. The van der Waals surface area contributed by atoms with E-state index in [0.29, 0.717) is 13.1 Å². The summed E-state index contributed by atoms with van der Waals surface area (Å²) in [6.07, 6.45) is 1.02. The average Bonchev–Trinajstić information content (AvgIpc) is 3.05. The average molecular weight is 301 g/mol. The quantitative estimate of drug-likeness (QED) is 0.913. The SMILES string of the molecule is COc1ccc(-c2cc(C3CCCN(C(=O)O)C3)[nH]n2)cc1. The summed E-state index contributed by atoms with van der Waals surface area (Å²) >= 11 is 0. The van der Waals surface area contributed by atoms with E-state index in [1.807, 2.05) is 30.3 Å². The summed E-state index contributed by atoms with van der Waals surface area (Å²) in [5, 5.41) is 16.5. The van der Waals surface area contributed by atoms with Crippen molar-refractivity contribution in [2.45, 2.75) is 18.8 Å². The van der Waals surface area contributed by atoms with Crippen LogP contribution in [-0.4, -0.2) is 46.5 Å². The normalized spacial score (nSPS) is 18.2. The minimum atomic E-state index is -0.848. The van der Waals surface area contributed by atoms with Gasteiger partial charge < -0.3 is 14.7 Å². The Bertz CT molecular complexity index is 651. The van der Waals surface area contributed by atoms with Gasteiger partial charge in [-0.2, -0.15) is 5.10 Å². The lowest BCUT2D eigenvalue weighted by Gasteiger charge is -2.29. The standard InChI is InChI=1S/C16H19N3O3/c1-22-13-6-4-11(5-7-13)14-9-15(18-17-14)12-3-2-8-19(10-12)16(20)21/h4-7,9,12H,2-3,8,10H2,1H3,(H,17,18)(H,20,21). The fraction of sp³-hybridized carbons (Fsp3) is 0.375. The maximum atomic E-state index is 11.1. The second kappa shape index (κ2) is 6.09. The summed E-state index contributed by atoms with van der Waals surface area (Å²) in [6, 6.07) is 9.73. The van der Waals surface area contributed by atoms with Crippen molar-refractivity contribution in [1.29, 1.82) is 0 Å². The van der Waals surface area contributed by atoms with Crippen LogP contribution in [0.4, 0.5) is 4.79 Å². The Hall–Kier alpha value is -2.50. The number of aromatic nitrogens is 2. The van der Waals surface area contributed by atoms with Gasteiger partial charge in [-0.25, -0.2) is 4.79 Å². The first-order valence-corrected chi connectivity index (χ1v) is 7.35. The highest BCUT2D eigenvalue weighted by atomic mass is 16.5. The highest BCUT2D eigenvalue weighted by Crippen LogP contribution is 2.29. The van der Waals surface area contributed by atoms with E-state index < -0.39 is 6.09 Å². The number of hydrogen-bond donors (Lipinski definition) is 2. The lowest BCUT2D eigenvalue weighted by Crippen LogP contribution is -2.38. The molecule has 116 valence electrons. The molecule has 0 radical (unpaired) electrons. The molecule has 0 saturated carbocycles. The van der Waals surface area contributed by atoms with E-state index in [1.54, 1.807) is 7.11 Å². The lowest BCUT2D eigenvalue weighted by molar-refractivity contribution is 0.130. The number of hydrogen-bond acceptors (Lipinski definition) is 3. The fourth-order valence-corrected chi connectivity index (χ4v) is 2.86. The summed E-state index contributed by atoms with van der Waals surface area (Å²) < 4.78 is 5.15. The van der Waals surface area contributed by atoms with Crippen LogP contribution in [0, 0.1) is 0 Å². The number of carboxylic acid groups (broad SMARTS) is 1. The Kier molecular flexibility index (Phi) is 4.00. The predicted octanol–water partition coefficient (Wildman–Crippen LogP) is 2.94. The van der Waals surface area contributed by atoms with Gasteiger partial charge in [-0.3, -0.25) is 5.10 Å². The van der Waals surface area contributed by atoms with Gasteiger partial charge in [-0.05, 0) is 43.2 Å². The molecule has 1 atom stereocenters. The number of carbonyl (C=O) groups is 1. The van der Waals surface area contributed by atoms with Crippen molar-refractivity contribution in [3.63, 3.8) is 0 Å². The maximum absolute atomic E-state index is 11.1. The molecule has 1 aliphatic heterocycles. The van der Waals surface area contributed by atoms with Crippen LogP contribution in [0.2, 0.25) is 0 Å². The predicted molar refractivity (Wildman–Crippen MR) is 82.1 cm³/mol. The minimum Gasteiger partial charge on any atom is -0.497 e. The number of benzene rings is 1. The molecular formula is C16H19N3O3. The number of rotatable bonds is 3. The molecule has 3 rings (SSSR count). The number of aromatic amines is 1. The zero-order valence-corrected chi connectivity index (χ0v) is 12.5. The Morgan fingerprint density at radius 3 is 2.86 bits per heavy atom. The second-order valence-electron chi connectivity index (χ2n) is 5.50. The number of nitrogens with zero attached hydrogens (tertiary/aromatic N) is 2. The molecular weight excluding hydrogens is 282 g/mol. The molecule has 1 aliphatic rings. The van der Waals surface area contributed by atoms with Crippen molar-refractivity contribution in [2.75, 3.05) is 20.2 Å². The number of ether oxygens (including phenoxy) is 1. The molecule has 22 heavy (non-hydrogen) atoms. The number of H-pyrrole nitrogens is 1. The molecule has 6 nitrogen and oxygen atoms in total. The molecule has 0 aliphatic carbocycles. The monoisotopic (exact) mass is 301 g/mol. The summed E-state index contributed by atoms with van der Waals surface area (Å²) in [6.45, 7) is 1.14. The Morgan fingerprint density at radius 2 is 2.18 bits per heavy atom. The van der Waals surface area contributed by atoms with Crippen LogP contribution in [0.3, 0.4) is 0 Å². The van der Waals surface area contributed by atoms with Gasteiger partial charge in [0.15, 0.2) is 0 Å². The van der Waals surface area contributed by atoms with Gasteiger partial charge in [0.1, 0.15) is 5.75 Å². The molecule has 2 aromatic rings. The van der Waals surface area contributed by atoms with Crippen molar-refractivity contribution in [1.82, 2.24) is 15.1 Å². The van der Waals surface area contributed by atoms with Crippen molar-refractivity contribution < 1.29 is 14.6 Å². The van der Waals surface area contributed by atoms with Crippen LogP contribution in [0.5, 0.6) is 5.75 Å². The molecule has 1 amide bonds. The fourth-order valence-electron chi connectivity index (χ4n) is 2.86. The molecule has 1 aromatic heterocycles. The van der Waals surface area contributed by atoms with Crippen LogP contribution in [0.15, 0.2) is 30.3 Å². The van der Waals surface area contributed by atoms with E-state index in [9.17, 15) is 4.79 Å². The van der Waals surface area contributed by atoms with Crippen molar-refractivity contribution in [3.8, 4) is 17.0 Å². The van der Waals surface area contributed by atoms with Gasteiger partial charge in [0.05, 0.1) is 12.8 Å². The first kappa shape index (κ1) is 14.4. The van der Waals surface area contributed by atoms with E-state index in [-0.39, 0.29) is 5.92 Å². The first-order chi connectivity index (χ1) is 10.7. The van der Waals surface area contributed by atoms with Gasteiger partial charge in [0, 0.05) is 30.3 Å². The highest BCUT2D eigenvalue weighted by molar-refractivity contribution is 5.65. The summed E-state index contributed by atoms with van der Waals surface area (Å²) in [7, 11) is 1.64. The van der Waals surface area contributed by atoms with Crippen LogP contribution >= 0.6 is 0 Å². The third kappa shape index (κ3) is 2.90. The number of amides is 1. The topological polar surface area (TPSA) is 78.5 Å². The number of nitrogens with one attached hydrogen (secondary N) is 1. The third-order valence-corrected chi connectivity index (χ3v) is 4.12. The lowest BCUT2D eigenvalue weighted by atomic mass is 9.94. The number of likely N-dealkylation sites (tertiary alicyclic amines) is 1. The third-order valence-electron chi connectivity index (χ3n) is 4.12. The molecule has 1 aromatic carbocycles. The van der Waals surface area contributed by atoms with Crippen LogP contribution in [0.25, 0.3) is 11.3 Å². The molecule has 1 unspecified atom stereocenters. The molecule has 2 heterocycles. The van der Waals surface area contributed by atoms with E-state index in [0.717, 1.165) is 35.5 Å². The minimum absolute atomic E-state index is 0.185. The van der Waals surface area contributed by atoms with E-state index in [4.69, 9.17) is 9.84 Å². The number of methoxy groups -OCH3 is 1. The van der Waals surface area contributed by atoms with Crippen LogP contribution in [-0.2, 0) is 0 Å². The zero-order chi connectivity index (χ0) is 15.5. The Balaban J connectivity index is 1.76. The van der Waals surface area contributed by atoms with Crippen molar-refractivity contribution in [2.24, 2.45) is 0 Å². The summed E-state index contributed by atoms with van der Waals surface area (Å²) in [5.74, 6) is 0.994. The molecule has 6 heteroatoms. The van der Waals surface area contributed by atoms with E-state index in [1.165, 1.54) is 4.90 Å². The van der Waals surface area contributed by atoms with Crippen molar-refractivity contribution >= 4 is 6.09 Å². The zero-order valence-electron chi connectivity index (χ0n) is 12.5. The number of piperidine rings is 1. The molecule has 1 fully saturated rings. The van der Waals surface area contributed by atoms with Gasteiger partial charge in [-0.15, -0.1) is 0 Å². The van der Waals surface area contributed by atoms with E-state index >= 15 is 0 Å². The Labute approximate surface area is 128 Å². The highest BCUT2D eigenvalue weighted by Gasteiger charge is 2.25. The smallest absolute Gasteiger partial charge is 0.407 e. The maximum Gasteiger partial charge on any atom is 0.407 e. The summed E-state index contributed by atoms with van der Waals surface area (Å²) in [4.78, 5) is 12.6. The van der Waals surface area contributed by atoms with Crippen LogP contribution < -0.4 is 4.74 Å². The molecule has 0 spiro atoms. The van der Waals surface area contributed by atoms with E-state index in [2.05, 4.69) is 10.2 Å². The molecule has 0 bridgehead atoms. The molecule has 1 saturated heterocycles. The largest absolute Gasteiger partial charge is 0.497 e. The van der Waals surface area contributed by atoms with Gasteiger partial charge >= 0.3 is 6.09 Å². The van der Waals surface area contributed by atoms with Crippen LogP contribution in [0.1, 0.15) is 24.5 Å².